The van der Waals surface area contributed by atoms with E-state index in [1.54, 1.807) is 4.90 Å². The van der Waals surface area contributed by atoms with Crippen LogP contribution in [0, 0.1) is 17.6 Å². The van der Waals surface area contributed by atoms with Gasteiger partial charge in [-0.3, -0.25) is 0 Å². The van der Waals surface area contributed by atoms with E-state index in [-0.39, 0.29) is 24.8 Å². The van der Waals surface area contributed by atoms with Crippen molar-refractivity contribution in [2.75, 3.05) is 24.6 Å². The van der Waals surface area contributed by atoms with Crippen LogP contribution in [0.25, 0.3) is 0 Å². The van der Waals surface area contributed by atoms with Crippen LogP contribution in [0.1, 0.15) is 18.4 Å². The number of anilines is 1. The molecule has 5 heteroatoms. The Morgan fingerprint density at radius 1 is 1.33 bits per heavy atom. The van der Waals surface area contributed by atoms with Gasteiger partial charge in [0, 0.05) is 26.2 Å². The molecule has 1 heterocycles. The Kier molecular flexibility index (Phi) is 4.14. The molecule has 0 bridgehead atoms. The minimum Gasteiger partial charge on any atom is -0.396 e. The number of hydrogen-bond donors (Lipinski definition) is 2. The first-order valence-corrected chi connectivity index (χ1v) is 6.19. The van der Waals surface area contributed by atoms with Crippen LogP contribution in [0.2, 0.25) is 0 Å². The molecule has 1 atom stereocenters. The number of nitrogens with zero attached hydrogens (tertiary/aromatic N) is 1. The molecule has 2 rings (SSSR count). The predicted octanol–water partition coefficient (Wildman–Crippen LogP) is 1.63. The zero-order chi connectivity index (χ0) is 13.1. The number of hydrogen-bond acceptors (Lipinski definition) is 3. The highest BCUT2D eigenvalue weighted by Gasteiger charge is 2.24. The molecular formula is C13H18F2N2O. The van der Waals surface area contributed by atoms with E-state index < -0.39 is 11.6 Å². The second-order valence-electron chi connectivity index (χ2n) is 4.75. The third-order valence-electron chi connectivity index (χ3n) is 3.41. The Labute approximate surface area is 105 Å². The maximum absolute atomic E-state index is 13.9. The Morgan fingerprint density at radius 2 is 2.00 bits per heavy atom. The van der Waals surface area contributed by atoms with Crippen molar-refractivity contribution >= 4 is 5.69 Å². The van der Waals surface area contributed by atoms with Crippen molar-refractivity contribution in [3.8, 4) is 0 Å². The largest absolute Gasteiger partial charge is 0.396 e. The molecule has 3 nitrogen and oxygen atoms in total. The van der Waals surface area contributed by atoms with Crippen molar-refractivity contribution in [1.29, 1.82) is 0 Å². The van der Waals surface area contributed by atoms with Crippen molar-refractivity contribution in [1.82, 2.24) is 0 Å². The lowest BCUT2D eigenvalue weighted by molar-refractivity contribution is 0.208. The molecule has 0 spiro atoms. The minimum absolute atomic E-state index is 0.00495. The standard InChI is InChI=1S/C13H18F2N2O/c14-11-4-10(6-16)5-12(15)13(11)17-3-1-2-9(7-17)8-18/h4-5,9,18H,1-3,6-8,16H2. The highest BCUT2D eigenvalue weighted by Crippen LogP contribution is 2.29. The molecule has 1 aliphatic heterocycles. The number of aliphatic hydroxyl groups is 1. The summed E-state index contributed by atoms with van der Waals surface area (Å²) >= 11 is 0. The SMILES string of the molecule is NCc1cc(F)c(N2CCCC(CO)C2)c(F)c1. The third kappa shape index (κ3) is 2.62. The number of benzene rings is 1. The van der Waals surface area contributed by atoms with E-state index in [2.05, 4.69) is 0 Å². The van der Waals surface area contributed by atoms with Crippen LogP contribution < -0.4 is 10.6 Å². The van der Waals surface area contributed by atoms with Gasteiger partial charge in [-0.05, 0) is 36.5 Å². The van der Waals surface area contributed by atoms with Crippen LogP contribution in [-0.2, 0) is 6.54 Å². The van der Waals surface area contributed by atoms with Crippen LogP contribution in [0.15, 0.2) is 12.1 Å². The van der Waals surface area contributed by atoms with E-state index in [0.29, 0.717) is 18.7 Å². The molecule has 1 fully saturated rings. The molecule has 0 saturated carbocycles. The van der Waals surface area contributed by atoms with Crippen LogP contribution in [-0.4, -0.2) is 24.8 Å². The van der Waals surface area contributed by atoms with Gasteiger partial charge in [-0.25, -0.2) is 8.78 Å². The van der Waals surface area contributed by atoms with Crippen molar-refractivity contribution in [2.24, 2.45) is 11.7 Å². The Balaban J connectivity index is 2.27. The smallest absolute Gasteiger partial charge is 0.149 e. The Hall–Kier alpha value is -1.20. The average molecular weight is 256 g/mol. The summed E-state index contributed by atoms with van der Waals surface area (Å²) in [4.78, 5) is 1.68. The van der Waals surface area contributed by atoms with Crippen LogP contribution in [0.3, 0.4) is 0 Å². The molecule has 1 aromatic carbocycles. The maximum Gasteiger partial charge on any atom is 0.149 e. The Morgan fingerprint density at radius 3 is 2.56 bits per heavy atom. The van der Waals surface area contributed by atoms with E-state index in [0.717, 1.165) is 12.8 Å². The van der Waals surface area contributed by atoms with Crippen molar-refractivity contribution in [3.63, 3.8) is 0 Å². The van der Waals surface area contributed by atoms with Gasteiger partial charge in [0.05, 0.1) is 0 Å². The van der Waals surface area contributed by atoms with Crippen LogP contribution in [0.5, 0.6) is 0 Å². The average Bonchev–Trinajstić information content (AvgIpc) is 2.38. The van der Waals surface area contributed by atoms with Gasteiger partial charge in [-0.15, -0.1) is 0 Å². The number of rotatable bonds is 3. The molecule has 18 heavy (non-hydrogen) atoms. The molecular weight excluding hydrogens is 238 g/mol. The third-order valence-corrected chi connectivity index (χ3v) is 3.41. The molecule has 1 saturated heterocycles. The van der Waals surface area contributed by atoms with Crippen LogP contribution in [0.4, 0.5) is 14.5 Å². The zero-order valence-corrected chi connectivity index (χ0v) is 10.2. The zero-order valence-electron chi connectivity index (χ0n) is 10.2. The second-order valence-corrected chi connectivity index (χ2v) is 4.75. The van der Waals surface area contributed by atoms with Gasteiger partial charge in [-0.2, -0.15) is 0 Å². The quantitative estimate of drug-likeness (QED) is 0.864. The first kappa shape index (κ1) is 13.2. The van der Waals surface area contributed by atoms with Crippen molar-refractivity contribution in [3.05, 3.63) is 29.3 Å². The summed E-state index contributed by atoms with van der Waals surface area (Å²) in [5.74, 6) is -1.06. The molecule has 0 aromatic heterocycles. The lowest BCUT2D eigenvalue weighted by atomic mass is 9.98. The fourth-order valence-electron chi connectivity index (χ4n) is 2.46. The van der Waals surface area contributed by atoms with Crippen molar-refractivity contribution < 1.29 is 13.9 Å². The molecule has 1 aliphatic rings. The van der Waals surface area contributed by atoms with Gasteiger partial charge < -0.3 is 15.7 Å². The number of nitrogens with two attached hydrogens (primary N) is 1. The molecule has 0 amide bonds. The minimum atomic E-state index is -0.575. The fourth-order valence-corrected chi connectivity index (χ4v) is 2.46. The topological polar surface area (TPSA) is 49.5 Å². The molecule has 0 radical (unpaired) electrons. The first-order chi connectivity index (χ1) is 8.65. The van der Waals surface area contributed by atoms with Crippen molar-refractivity contribution in [2.45, 2.75) is 19.4 Å². The summed E-state index contributed by atoms with van der Waals surface area (Å²) < 4.78 is 27.8. The highest BCUT2D eigenvalue weighted by atomic mass is 19.1. The van der Waals surface area contributed by atoms with Gasteiger partial charge in [0.25, 0.3) is 0 Å². The van der Waals surface area contributed by atoms with Gasteiger partial charge in [0.1, 0.15) is 17.3 Å². The summed E-state index contributed by atoms with van der Waals surface area (Å²) in [6.45, 7) is 1.28. The molecule has 1 unspecified atom stereocenters. The van der Waals surface area contributed by atoms with E-state index in [9.17, 15) is 8.78 Å². The highest BCUT2D eigenvalue weighted by molar-refractivity contribution is 5.51. The predicted molar refractivity (Wildman–Crippen MR) is 66.3 cm³/mol. The second kappa shape index (κ2) is 5.63. The van der Waals surface area contributed by atoms with E-state index in [1.165, 1.54) is 12.1 Å². The monoisotopic (exact) mass is 256 g/mol. The van der Waals surface area contributed by atoms with E-state index >= 15 is 0 Å². The maximum atomic E-state index is 13.9. The van der Waals surface area contributed by atoms with Gasteiger partial charge in [0.15, 0.2) is 0 Å². The molecule has 3 N–H and O–H groups in total. The summed E-state index contributed by atoms with van der Waals surface area (Å²) in [6.07, 6.45) is 1.74. The number of halogens is 2. The summed E-state index contributed by atoms with van der Waals surface area (Å²) in [7, 11) is 0. The first-order valence-electron chi connectivity index (χ1n) is 6.19. The van der Waals surface area contributed by atoms with Gasteiger partial charge in [0.2, 0.25) is 0 Å². The summed E-state index contributed by atoms with van der Waals surface area (Å²) in [5, 5.41) is 9.15. The fraction of sp³-hybridized carbons (Fsp3) is 0.538. The number of piperidine rings is 1. The summed E-state index contributed by atoms with van der Waals surface area (Å²) in [6, 6.07) is 2.56. The van der Waals surface area contributed by atoms with Gasteiger partial charge in [-0.1, -0.05) is 0 Å². The number of aliphatic hydroxyl groups excluding tert-OH is 1. The Bertz CT molecular complexity index is 402. The summed E-state index contributed by atoms with van der Waals surface area (Å²) in [5.41, 5.74) is 5.83. The molecule has 0 aliphatic carbocycles. The lowest BCUT2D eigenvalue weighted by Crippen LogP contribution is -2.37. The van der Waals surface area contributed by atoms with Gasteiger partial charge >= 0.3 is 0 Å². The normalized spacial score (nSPS) is 20.2. The van der Waals surface area contributed by atoms with E-state index in [1.807, 2.05) is 0 Å². The molecule has 100 valence electrons. The lowest BCUT2D eigenvalue weighted by Gasteiger charge is -2.34. The van der Waals surface area contributed by atoms with Crippen LogP contribution >= 0.6 is 0 Å². The molecule has 1 aromatic rings. The van der Waals surface area contributed by atoms with E-state index in [4.69, 9.17) is 10.8 Å².